The van der Waals surface area contributed by atoms with Crippen molar-refractivity contribution in [2.24, 2.45) is 4.40 Å². The lowest BCUT2D eigenvalue weighted by Gasteiger charge is -1.70. The van der Waals surface area contributed by atoms with E-state index in [-0.39, 0.29) is 5.71 Å². The summed E-state index contributed by atoms with van der Waals surface area (Å²) in [6.45, 7) is 0. The summed E-state index contributed by atoms with van der Waals surface area (Å²) >= 11 is 0. The summed E-state index contributed by atoms with van der Waals surface area (Å²) in [6.07, 6.45) is 1.44. The van der Waals surface area contributed by atoms with Gasteiger partial charge in [0, 0.05) is 5.41 Å². The van der Waals surface area contributed by atoms with Gasteiger partial charge in [0.15, 0.2) is 16.7 Å². The number of allylic oxidation sites excluding steroid dienone is 1. The summed E-state index contributed by atoms with van der Waals surface area (Å²) in [7, 11) is -1.27. The van der Waals surface area contributed by atoms with Crippen LogP contribution in [0.1, 0.15) is 0 Å². The van der Waals surface area contributed by atoms with Crippen LogP contribution in [0.25, 0.3) is 0 Å². The van der Waals surface area contributed by atoms with E-state index in [0.717, 1.165) is 0 Å². The highest BCUT2D eigenvalue weighted by Crippen LogP contribution is 1.97. The zero-order valence-electron chi connectivity index (χ0n) is 3.87. The van der Waals surface area contributed by atoms with E-state index >= 15 is 0 Å². The molecule has 4 heteroatoms. The Labute approximate surface area is 48.9 Å². The summed E-state index contributed by atoms with van der Waals surface area (Å²) in [4.78, 5) is 0. The molecule has 0 aliphatic carbocycles. The molecule has 1 heterocycles. The molecule has 1 aliphatic rings. The van der Waals surface area contributed by atoms with Gasteiger partial charge in [-0.15, -0.1) is 0 Å². The molecule has 0 bridgehead atoms. The Morgan fingerprint density at radius 3 is 2.88 bits per heavy atom. The largest absolute Gasteiger partial charge is 0.230 e. The van der Waals surface area contributed by atoms with Crippen LogP contribution >= 0.6 is 0 Å². The molecule has 1 atom stereocenters. The topological polar surface area (TPSA) is 53.2 Å². The second-order valence-corrected chi connectivity index (χ2v) is 2.17. The van der Waals surface area contributed by atoms with E-state index in [1.807, 2.05) is 0 Å². The molecule has 1 aliphatic heterocycles. The molecule has 0 radical (unpaired) electrons. The minimum atomic E-state index is -1.27. The van der Waals surface area contributed by atoms with Gasteiger partial charge in [0.1, 0.15) is 6.07 Å². The number of nitriles is 1. The summed E-state index contributed by atoms with van der Waals surface area (Å²) in [6, 6.07) is 1.76. The molecule has 0 N–H and O–H groups in total. The summed E-state index contributed by atoms with van der Waals surface area (Å²) in [5.41, 5.74) is 0.239. The second-order valence-electron chi connectivity index (χ2n) is 1.17. The minimum Gasteiger partial charge on any atom is -0.230 e. The number of rotatable bonds is 0. The lowest BCUT2D eigenvalue weighted by Crippen LogP contribution is -1.80. The normalized spacial score (nSPS) is 24.9. The van der Waals surface area contributed by atoms with Gasteiger partial charge in [0.2, 0.25) is 0 Å². The van der Waals surface area contributed by atoms with Crippen LogP contribution in [0, 0.1) is 11.3 Å². The van der Waals surface area contributed by atoms with E-state index in [4.69, 9.17) is 5.26 Å². The van der Waals surface area contributed by atoms with Crippen LogP contribution in [0.5, 0.6) is 0 Å². The lowest BCUT2D eigenvalue weighted by molar-refractivity contribution is 0.690. The van der Waals surface area contributed by atoms with Crippen molar-refractivity contribution in [3.63, 3.8) is 0 Å². The summed E-state index contributed by atoms with van der Waals surface area (Å²) < 4.78 is 13.7. The van der Waals surface area contributed by atoms with E-state index in [1.54, 1.807) is 6.07 Å². The highest BCUT2D eigenvalue weighted by molar-refractivity contribution is 7.87. The molecule has 40 valence electrons. The Morgan fingerprint density at radius 2 is 2.62 bits per heavy atom. The molecular formula is C4H2N2OS. The van der Waals surface area contributed by atoms with Crippen LogP contribution in [-0.4, -0.2) is 9.92 Å². The standard InChI is InChI=1S/C4H2N2OS/c5-3-4-1-2-8(7)6-4/h1-2H. The lowest BCUT2D eigenvalue weighted by atomic mass is 10.4. The van der Waals surface area contributed by atoms with Gasteiger partial charge in [-0.05, 0) is 6.08 Å². The quantitative estimate of drug-likeness (QED) is 0.463. The Morgan fingerprint density at radius 1 is 1.88 bits per heavy atom. The van der Waals surface area contributed by atoms with Crippen molar-refractivity contribution in [1.29, 1.82) is 5.26 Å². The van der Waals surface area contributed by atoms with Crippen LogP contribution in [-0.2, 0) is 11.0 Å². The van der Waals surface area contributed by atoms with Crippen molar-refractivity contribution >= 4 is 16.7 Å². The van der Waals surface area contributed by atoms with Crippen LogP contribution in [0.4, 0.5) is 0 Å². The van der Waals surface area contributed by atoms with E-state index in [1.165, 1.54) is 11.5 Å². The van der Waals surface area contributed by atoms with Crippen molar-refractivity contribution in [3.05, 3.63) is 11.5 Å². The first kappa shape index (κ1) is 5.19. The molecule has 1 rings (SSSR count). The zero-order valence-corrected chi connectivity index (χ0v) is 4.68. The molecule has 0 spiro atoms. The molecule has 0 saturated heterocycles. The minimum absolute atomic E-state index is 0.239. The van der Waals surface area contributed by atoms with E-state index in [9.17, 15) is 4.21 Å². The van der Waals surface area contributed by atoms with Crippen LogP contribution in [0.3, 0.4) is 0 Å². The van der Waals surface area contributed by atoms with Crippen molar-refractivity contribution in [3.8, 4) is 6.07 Å². The molecule has 0 aromatic carbocycles. The Hall–Kier alpha value is -0.950. The number of hydrogen-bond donors (Lipinski definition) is 0. The maximum atomic E-state index is 10.3. The first-order valence-electron chi connectivity index (χ1n) is 1.90. The van der Waals surface area contributed by atoms with Gasteiger partial charge in [0.05, 0.1) is 0 Å². The Bertz CT molecular complexity index is 223. The molecule has 0 aromatic heterocycles. The van der Waals surface area contributed by atoms with Crippen molar-refractivity contribution in [1.82, 2.24) is 0 Å². The third-order valence-electron chi connectivity index (χ3n) is 0.645. The van der Waals surface area contributed by atoms with Gasteiger partial charge >= 0.3 is 0 Å². The highest BCUT2D eigenvalue weighted by Gasteiger charge is 2.01. The molecule has 8 heavy (non-hydrogen) atoms. The maximum absolute atomic E-state index is 10.3. The highest BCUT2D eigenvalue weighted by atomic mass is 32.2. The predicted molar refractivity (Wildman–Crippen MR) is 30.3 cm³/mol. The maximum Gasteiger partial charge on any atom is 0.166 e. The molecular weight excluding hydrogens is 124 g/mol. The van der Waals surface area contributed by atoms with Crippen LogP contribution in [0.15, 0.2) is 15.9 Å². The van der Waals surface area contributed by atoms with Crippen LogP contribution < -0.4 is 0 Å². The average Bonchev–Trinajstić information content (AvgIpc) is 2.14. The van der Waals surface area contributed by atoms with Crippen molar-refractivity contribution < 1.29 is 4.21 Å². The fraction of sp³-hybridized carbons (Fsp3) is 0. The predicted octanol–water partition coefficient (Wildman–Crippen LogP) is 0.142. The third kappa shape index (κ3) is 0.820. The van der Waals surface area contributed by atoms with Crippen molar-refractivity contribution in [2.45, 2.75) is 0 Å². The fourth-order valence-electron chi connectivity index (χ4n) is 0.338. The second kappa shape index (κ2) is 1.88. The van der Waals surface area contributed by atoms with Crippen LogP contribution in [0.2, 0.25) is 0 Å². The van der Waals surface area contributed by atoms with Gasteiger partial charge in [-0.25, -0.2) is 4.21 Å². The number of nitrogens with zero attached hydrogens (tertiary/aromatic N) is 2. The van der Waals surface area contributed by atoms with E-state index in [0.29, 0.717) is 0 Å². The summed E-state index contributed by atoms with van der Waals surface area (Å²) in [5.74, 6) is 0. The van der Waals surface area contributed by atoms with Gasteiger partial charge in [-0.2, -0.15) is 9.66 Å². The average molecular weight is 126 g/mol. The smallest absolute Gasteiger partial charge is 0.166 e. The molecule has 3 nitrogen and oxygen atoms in total. The van der Waals surface area contributed by atoms with Crippen molar-refractivity contribution in [2.75, 3.05) is 0 Å². The molecule has 0 aromatic rings. The Balaban J connectivity index is 2.92. The first-order valence-corrected chi connectivity index (χ1v) is 3.07. The van der Waals surface area contributed by atoms with E-state index < -0.39 is 11.0 Å². The zero-order chi connectivity index (χ0) is 5.98. The summed E-state index contributed by atoms with van der Waals surface area (Å²) in [5, 5.41) is 9.49. The molecule has 1 unspecified atom stereocenters. The van der Waals surface area contributed by atoms with E-state index in [2.05, 4.69) is 4.40 Å². The Kier molecular flexibility index (Phi) is 1.22. The fourth-order valence-corrected chi connectivity index (χ4v) is 0.940. The van der Waals surface area contributed by atoms with Gasteiger partial charge < -0.3 is 0 Å². The monoisotopic (exact) mass is 126 g/mol. The third-order valence-corrected chi connectivity index (χ3v) is 1.39. The van der Waals surface area contributed by atoms with Gasteiger partial charge in [-0.3, -0.25) is 0 Å². The molecule has 0 saturated carbocycles. The SMILES string of the molecule is N#CC1=NS(=O)C=C1. The molecule has 0 fully saturated rings. The van der Waals surface area contributed by atoms with Gasteiger partial charge in [-0.1, -0.05) is 0 Å². The van der Waals surface area contributed by atoms with Gasteiger partial charge in [0.25, 0.3) is 0 Å². The molecule has 0 amide bonds. The number of hydrogen-bond acceptors (Lipinski definition) is 2. The first-order chi connectivity index (χ1) is 3.83.